The van der Waals surface area contributed by atoms with Gasteiger partial charge in [-0.15, -0.1) is 0 Å². The quantitative estimate of drug-likeness (QED) is 0.697. The van der Waals surface area contributed by atoms with Crippen molar-refractivity contribution in [1.82, 2.24) is 10.6 Å². The van der Waals surface area contributed by atoms with E-state index in [4.69, 9.17) is 9.47 Å². The first-order valence-corrected chi connectivity index (χ1v) is 9.30. The van der Waals surface area contributed by atoms with Crippen LogP contribution < -0.4 is 20.1 Å². The fourth-order valence-corrected chi connectivity index (χ4v) is 2.84. The Hall–Kier alpha value is -3.02. The number of methoxy groups -OCH3 is 2. The molecule has 0 spiro atoms. The predicted octanol–water partition coefficient (Wildman–Crippen LogP) is 2.82. The Kier molecular flexibility index (Phi) is 7.87. The number of benzene rings is 2. The van der Waals surface area contributed by atoms with Gasteiger partial charge in [0, 0.05) is 12.1 Å². The zero-order valence-corrected chi connectivity index (χ0v) is 16.8. The number of hydrogen-bond acceptors (Lipinski definition) is 4. The fourth-order valence-electron chi connectivity index (χ4n) is 2.84. The number of hydrogen-bond donors (Lipinski definition) is 2. The van der Waals surface area contributed by atoms with Crippen LogP contribution in [0.1, 0.15) is 29.8 Å². The van der Waals surface area contributed by atoms with E-state index in [0.29, 0.717) is 24.3 Å². The number of amides is 2. The standard InChI is InChI=1S/C22H28N2O4/c1-15(2)20(24-21(25)17-9-11-18(27-3)12-10-17)22(26)23-14-13-16-7-5-6-8-19(16)28-4/h5-12,15,20H,13-14H2,1-4H3,(H,23,26)(H,24,25). The summed E-state index contributed by atoms with van der Waals surface area (Å²) in [5, 5.41) is 5.73. The van der Waals surface area contributed by atoms with Crippen molar-refractivity contribution in [2.45, 2.75) is 26.3 Å². The summed E-state index contributed by atoms with van der Waals surface area (Å²) in [6, 6.07) is 13.9. The van der Waals surface area contributed by atoms with E-state index in [0.717, 1.165) is 11.3 Å². The van der Waals surface area contributed by atoms with Crippen molar-refractivity contribution in [2.24, 2.45) is 5.92 Å². The number of carbonyl (C=O) groups excluding carboxylic acids is 2. The molecule has 6 heteroatoms. The van der Waals surface area contributed by atoms with E-state index in [9.17, 15) is 9.59 Å². The molecule has 28 heavy (non-hydrogen) atoms. The van der Waals surface area contributed by atoms with E-state index in [1.807, 2.05) is 38.1 Å². The summed E-state index contributed by atoms with van der Waals surface area (Å²) in [7, 11) is 3.19. The molecule has 0 aliphatic heterocycles. The van der Waals surface area contributed by atoms with Crippen LogP contribution in [0.5, 0.6) is 11.5 Å². The minimum Gasteiger partial charge on any atom is -0.497 e. The molecule has 2 aromatic rings. The maximum atomic E-state index is 12.6. The van der Waals surface area contributed by atoms with Crippen LogP contribution in [-0.2, 0) is 11.2 Å². The van der Waals surface area contributed by atoms with Gasteiger partial charge in [0.15, 0.2) is 0 Å². The SMILES string of the molecule is COc1ccc(C(=O)NC(C(=O)NCCc2ccccc2OC)C(C)C)cc1. The Bertz CT molecular complexity index is 787. The molecule has 0 bridgehead atoms. The van der Waals surface area contributed by atoms with Crippen molar-refractivity contribution >= 4 is 11.8 Å². The molecule has 1 atom stereocenters. The molecule has 0 fully saturated rings. The summed E-state index contributed by atoms with van der Waals surface area (Å²) in [4.78, 5) is 25.1. The summed E-state index contributed by atoms with van der Waals surface area (Å²) in [6.07, 6.45) is 0.646. The average Bonchev–Trinajstić information content (AvgIpc) is 2.71. The first-order chi connectivity index (χ1) is 13.5. The summed E-state index contributed by atoms with van der Waals surface area (Å²) in [5.41, 5.74) is 1.50. The third kappa shape index (κ3) is 5.74. The van der Waals surface area contributed by atoms with Gasteiger partial charge in [0.25, 0.3) is 5.91 Å². The second-order valence-electron chi connectivity index (χ2n) is 6.78. The van der Waals surface area contributed by atoms with E-state index in [-0.39, 0.29) is 17.7 Å². The van der Waals surface area contributed by atoms with Crippen molar-refractivity contribution in [3.05, 3.63) is 59.7 Å². The van der Waals surface area contributed by atoms with E-state index in [1.165, 1.54) is 0 Å². The van der Waals surface area contributed by atoms with Crippen LogP contribution in [0.15, 0.2) is 48.5 Å². The van der Waals surface area contributed by atoms with Crippen molar-refractivity contribution < 1.29 is 19.1 Å². The van der Waals surface area contributed by atoms with Crippen molar-refractivity contribution in [3.63, 3.8) is 0 Å². The molecule has 0 saturated heterocycles. The molecule has 1 unspecified atom stereocenters. The Morgan fingerprint density at radius 2 is 1.64 bits per heavy atom. The van der Waals surface area contributed by atoms with Crippen LogP contribution in [0.2, 0.25) is 0 Å². The molecule has 6 nitrogen and oxygen atoms in total. The number of ether oxygens (including phenoxy) is 2. The largest absolute Gasteiger partial charge is 0.497 e. The minimum atomic E-state index is -0.618. The molecular formula is C22H28N2O4. The monoisotopic (exact) mass is 384 g/mol. The molecule has 0 aliphatic rings. The van der Waals surface area contributed by atoms with Crippen molar-refractivity contribution in [3.8, 4) is 11.5 Å². The lowest BCUT2D eigenvalue weighted by Gasteiger charge is -2.22. The Labute approximate surface area is 166 Å². The van der Waals surface area contributed by atoms with Crippen LogP contribution in [0.3, 0.4) is 0 Å². The van der Waals surface area contributed by atoms with Gasteiger partial charge in [0.05, 0.1) is 14.2 Å². The number of rotatable bonds is 9. The Morgan fingerprint density at radius 1 is 0.964 bits per heavy atom. The van der Waals surface area contributed by atoms with Crippen molar-refractivity contribution in [2.75, 3.05) is 20.8 Å². The van der Waals surface area contributed by atoms with Crippen LogP contribution in [0.4, 0.5) is 0 Å². The Morgan fingerprint density at radius 3 is 2.25 bits per heavy atom. The summed E-state index contributed by atoms with van der Waals surface area (Å²) >= 11 is 0. The number of carbonyl (C=O) groups is 2. The average molecular weight is 384 g/mol. The lowest BCUT2D eigenvalue weighted by atomic mass is 10.0. The number of para-hydroxylation sites is 1. The van der Waals surface area contributed by atoms with Gasteiger partial charge >= 0.3 is 0 Å². The first kappa shape index (κ1) is 21.3. The second kappa shape index (κ2) is 10.3. The van der Waals surface area contributed by atoms with Gasteiger partial charge in [-0.2, -0.15) is 0 Å². The molecule has 2 amide bonds. The van der Waals surface area contributed by atoms with Crippen LogP contribution >= 0.6 is 0 Å². The van der Waals surface area contributed by atoms with Gasteiger partial charge in [0.2, 0.25) is 5.91 Å². The van der Waals surface area contributed by atoms with E-state index in [2.05, 4.69) is 10.6 Å². The molecule has 0 radical (unpaired) electrons. The van der Waals surface area contributed by atoms with Gasteiger partial charge in [-0.3, -0.25) is 9.59 Å². The maximum Gasteiger partial charge on any atom is 0.251 e. The fraction of sp³-hybridized carbons (Fsp3) is 0.364. The smallest absolute Gasteiger partial charge is 0.251 e. The summed E-state index contributed by atoms with van der Waals surface area (Å²) < 4.78 is 10.4. The lowest BCUT2D eigenvalue weighted by Crippen LogP contribution is -2.50. The van der Waals surface area contributed by atoms with Gasteiger partial charge in [-0.25, -0.2) is 0 Å². The highest BCUT2D eigenvalue weighted by Gasteiger charge is 2.24. The van der Waals surface area contributed by atoms with Crippen LogP contribution in [-0.4, -0.2) is 38.6 Å². The van der Waals surface area contributed by atoms with Crippen molar-refractivity contribution in [1.29, 1.82) is 0 Å². The normalized spacial score (nSPS) is 11.6. The zero-order valence-electron chi connectivity index (χ0n) is 16.8. The molecular weight excluding hydrogens is 356 g/mol. The lowest BCUT2D eigenvalue weighted by molar-refractivity contribution is -0.123. The van der Waals surface area contributed by atoms with Gasteiger partial charge in [-0.05, 0) is 48.2 Å². The summed E-state index contributed by atoms with van der Waals surface area (Å²) in [6.45, 7) is 4.26. The van der Waals surface area contributed by atoms with E-state index >= 15 is 0 Å². The van der Waals surface area contributed by atoms with Gasteiger partial charge < -0.3 is 20.1 Å². The number of nitrogens with one attached hydrogen (secondary N) is 2. The Balaban J connectivity index is 1.94. The van der Waals surface area contributed by atoms with Gasteiger partial charge in [-0.1, -0.05) is 32.0 Å². The maximum absolute atomic E-state index is 12.6. The van der Waals surface area contributed by atoms with E-state index < -0.39 is 6.04 Å². The minimum absolute atomic E-state index is 0.0477. The molecule has 0 aromatic heterocycles. The third-order valence-corrected chi connectivity index (χ3v) is 4.47. The third-order valence-electron chi connectivity index (χ3n) is 4.47. The molecule has 0 aliphatic carbocycles. The topological polar surface area (TPSA) is 76.7 Å². The molecule has 2 rings (SSSR count). The predicted molar refractivity (Wildman–Crippen MR) is 109 cm³/mol. The zero-order chi connectivity index (χ0) is 20.5. The second-order valence-corrected chi connectivity index (χ2v) is 6.78. The molecule has 150 valence electrons. The highest BCUT2D eigenvalue weighted by atomic mass is 16.5. The molecule has 0 saturated carbocycles. The first-order valence-electron chi connectivity index (χ1n) is 9.30. The summed E-state index contributed by atoms with van der Waals surface area (Å²) in [5.74, 6) is 0.928. The van der Waals surface area contributed by atoms with E-state index in [1.54, 1.807) is 38.5 Å². The highest BCUT2D eigenvalue weighted by molar-refractivity contribution is 5.97. The van der Waals surface area contributed by atoms with Crippen LogP contribution in [0.25, 0.3) is 0 Å². The highest BCUT2D eigenvalue weighted by Crippen LogP contribution is 2.17. The molecule has 2 aromatic carbocycles. The molecule has 2 N–H and O–H groups in total. The van der Waals surface area contributed by atoms with Crippen LogP contribution in [0, 0.1) is 5.92 Å². The molecule has 0 heterocycles. The van der Waals surface area contributed by atoms with Gasteiger partial charge in [0.1, 0.15) is 17.5 Å².